The van der Waals surface area contributed by atoms with Crippen molar-refractivity contribution in [3.63, 3.8) is 0 Å². The van der Waals surface area contributed by atoms with Crippen molar-refractivity contribution in [3.05, 3.63) is 45.6 Å². The number of furan rings is 1. The number of nitrogens with one attached hydrogen (secondary N) is 1. The van der Waals surface area contributed by atoms with Crippen LogP contribution in [0.15, 0.2) is 39.2 Å². The minimum Gasteiger partial charge on any atom is -0.459 e. The van der Waals surface area contributed by atoms with Crippen LogP contribution in [0.3, 0.4) is 0 Å². The van der Waals surface area contributed by atoms with Crippen LogP contribution >= 0.6 is 27.5 Å². The van der Waals surface area contributed by atoms with Crippen LogP contribution in [0.2, 0.25) is 5.02 Å². The normalized spacial score (nSPS) is 12.7. The van der Waals surface area contributed by atoms with E-state index in [1.54, 1.807) is 0 Å². The summed E-state index contributed by atoms with van der Waals surface area (Å²) in [5, 5.41) is 4.01. The van der Waals surface area contributed by atoms with Gasteiger partial charge in [-0.2, -0.15) is 0 Å². The van der Waals surface area contributed by atoms with Gasteiger partial charge in [0.25, 0.3) is 0 Å². The van der Waals surface area contributed by atoms with Gasteiger partial charge in [-0.3, -0.25) is 0 Å². The SMILES string of the molecule is CCNC(C)c1ccc(-c2cc(Br)ccc2Cl)o1. The molecule has 0 aliphatic heterocycles. The highest BCUT2D eigenvalue weighted by Crippen LogP contribution is 2.32. The summed E-state index contributed by atoms with van der Waals surface area (Å²) >= 11 is 9.63. The van der Waals surface area contributed by atoms with Crippen LogP contribution in [0, 0.1) is 0 Å². The van der Waals surface area contributed by atoms with Crippen molar-refractivity contribution in [1.29, 1.82) is 0 Å². The van der Waals surface area contributed by atoms with Gasteiger partial charge in [-0.25, -0.2) is 0 Å². The molecule has 1 aromatic carbocycles. The molecule has 1 unspecified atom stereocenters. The van der Waals surface area contributed by atoms with Crippen molar-refractivity contribution in [2.45, 2.75) is 19.9 Å². The molecule has 0 radical (unpaired) electrons. The van der Waals surface area contributed by atoms with Gasteiger partial charge in [0.2, 0.25) is 0 Å². The summed E-state index contributed by atoms with van der Waals surface area (Å²) in [5.41, 5.74) is 0.904. The molecule has 2 nitrogen and oxygen atoms in total. The molecule has 18 heavy (non-hydrogen) atoms. The Bertz CT molecular complexity index is 538. The zero-order valence-corrected chi connectivity index (χ0v) is 12.7. The van der Waals surface area contributed by atoms with Crippen LogP contribution in [0.25, 0.3) is 11.3 Å². The lowest BCUT2D eigenvalue weighted by molar-refractivity contribution is 0.445. The molecule has 2 aromatic rings. The van der Waals surface area contributed by atoms with E-state index < -0.39 is 0 Å². The molecule has 0 aliphatic rings. The molecule has 96 valence electrons. The predicted molar refractivity (Wildman–Crippen MR) is 78.9 cm³/mol. The molecule has 2 rings (SSSR count). The third-order valence-electron chi connectivity index (χ3n) is 2.76. The molecule has 1 heterocycles. The summed E-state index contributed by atoms with van der Waals surface area (Å²) in [6.45, 7) is 5.06. The van der Waals surface area contributed by atoms with Crippen LogP contribution < -0.4 is 5.32 Å². The van der Waals surface area contributed by atoms with Crippen molar-refractivity contribution in [3.8, 4) is 11.3 Å². The van der Waals surface area contributed by atoms with E-state index >= 15 is 0 Å². The maximum atomic E-state index is 6.18. The van der Waals surface area contributed by atoms with Gasteiger partial charge in [0.1, 0.15) is 11.5 Å². The molecule has 0 fully saturated rings. The molecule has 0 bridgehead atoms. The fourth-order valence-electron chi connectivity index (χ4n) is 1.82. The number of benzene rings is 1. The van der Waals surface area contributed by atoms with E-state index in [0.717, 1.165) is 28.1 Å². The van der Waals surface area contributed by atoms with Gasteiger partial charge in [0, 0.05) is 10.0 Å². The van der Waals surface area contributed by atoms with Crippen LogP contribution in [0.5, 0.6) is 0 Å². The van der Waals surface area contributed by atoms with Crippen LogP contribution in [0.4, 0.5) is 0 Å². The first kappa shape index (κ1) is 13.7. The highest BCUT2D eigenvalue weighted by molar-refractivity contribution is 9.10. The largest absolute Gasteiger partial charge is 0.459 e. The smallest absolute Gasteiger partial charge is 0.135 e. The zero-order valence-electron chi connectivity index (χ0n) is 10.3. The maximum absolute atomic E-state index is 6.18. The molecule has 4 heteroatoms. The van der Waals surface area contributed by atoms with Crippen LogP contribution in [-0.4, -0.2) is 6.54 Å². The van der Waals surface area contributed by atoms with E-state index in [9.17, 15) is 0 Å². The summed E-state index contributed by atoms with van der Waals surface area (Å²) in [4.78, 5) is 0. The van der Waals surface area contributed by atoms with E-state index in [2.05, 4.69) is 35.1 Å². The van der Waals surface area contributed by atoms with Gasteiger partial charge in [0.15, 0.2) is 0 Å². The molecule has 0 saturated carbocycles. The zero-order chi connectivity index (χ0) is 13.1. The number of rotatable bonds is 4. The average Bonchev–Trinajstić information content (AvgIpc) is 2.82. The van der Waals surface area contributed by atoms with E-state index in [0.29, 0.717) is 5.02 Å². The first-order valence-corrected chi connectivity index (χ1v) is 7.07. The van der Waals surface area contributed by atoms with Crippen LogP contribution in [0.1, 0.15) is 25.6 Å². The lowest BCUT2D eigenvalue weighted by Gasteiger charge is -2.08. The van der Waals surface area contributed by atoms with E-state index in [4.69, 9.17) is 16.0 Å². The highest BCUT2D eigenvalue weighted by atomic mass is 79.9. The number of hydrogen-bond acceptors (Lipinski definition) is 2. The minimum atomic E-state index is 0.203. The second-order valence-corrected chi connectivity index (χ2v) is 5.43. The lowest BCUT2D eigenvalue weighted by atomic mass is 10.2. The Balaban J connectivity index is 2.32. The third kappa shape index (κ3) is 2.97. The van der Waals surface area contributed by atoms with Gasteiger partial charge in [-0.05, 0) is 43.8 Å². The lowest BCUT2D eigenvalue weighted by Crippen LogP contribution is -2.16. The minimum absolute atomic E-state index is 0.203. The summed E-state index contributed by atoms with van der Waals surface area (Å²) in [6, 6.07) is 9.88. The van der Waals surface area contributed by atoms with Gasteiger partial charge >= 0.3 is 0 Å². The van der Waals surface area contributed by atoms with E-state index in [1.807, 2.05) is 30.3 Å². The Morgan fingerprint density at radius 2 is 2.11 bits per heavy atom. The Morgan fingerprint density at radius 1 is 1.33 bits per heavy atom. The molecule has 1 aromatic heterocycles. The first-order valence-electron chi connectivity index (χ1n) is 5.90. The molecular formula is C14H15BrClNO. The van der Waals surface area contributed by atoms with Crippen LogP contribution in [-0.2, 0) is 0 Å². The monoisotopic (exact) mass is 327 g/mol. The Labute approximate surface area is 120 Å². The molecule has 1 N–H and O–H groups in total. The Hall–Kier alpha value is -0.770. The topological polar surface area (TPSA) is 25.2 Å². The fraction of sp³-hybridized carbons (Fsp3) is 0.286. The molecule has 0 saturated heterocycles. The fourth-order valence-corrected chi connectivity index (χ4v) is 2.40. The molecule has 1 atom stereocenters. The van der Waals surface area contributed by atoms with Gasteiger partial charge < -0.3 is 9.73 Å². The molecule has 0 amide bonds. The molecular weight excluding hydrogens is 314 g/mol. The second-order valence-electron chi connectivity index (χ2n) is 4.11. The maximum Gasteiger partial charge on any atom is 0.135 e. The summed E-state index contributed by atoms with van der Waals surface area (Å²) in [7, 11) is 0. The van der Waals surface area contributed by atoms with Crippen molar-refractivity contribution >= 4 is 27.5 Å². The van der Waals surface area contributed by atoms with Crippen molar-refractivity contribution in [1.82, 2.24) is 5.32 Å². The third-order valence-corrected chi connectivity index (χ3v) is 3.58. The predicted octanol–water partition coefficient (Wildman–Crippen LogP) is 5.03. The average molecular weight is 329 g/mol. The Kier molecular flexibility index (Phi) is 4.49. The molecule has 0 spiro atoms. The van der Waals surface area contributed by atoms with Gasteiger partial charge in [-0.15, -0.1) is 0 Å². The van der Waals surface area contributed by atoms with Crippen molar-refractivity contribution < 1.29 is 4.42 Å². The summed E-state index contributed by atoms with van der Waals surface area (Å²) in [5.74, 6) is 1.71. The quantitative estimate of drug-likeness (QED) is 0.851. The standard InChI is InChI=1S/C14H15BrClNO/c1-3-17-9(2)13-6-7-14(18-13)11-8-10(15)4-5-12(11)16/h4-9,17H,3H2,1-2H3. The Morgan fingerprint density at radius 3 is 2.83 bits per heavy atom. The van der Waals surface area contributed by atoms with Crippen molar-refractivity contribution in [2.24, 2.45) is 0 Å². The van der Waals surface area contributed by atoms with Crippen molar-refractivity contribution in [2.75, 3.05) is 6.54 Å². The first-order chi connectivity index (χ1) is 8.61. The van der Waals surface area contributed by atoms with Gasteiger partial charge in [0.05, 0.1) is 11.1 Å². The highest BCUT2D eigenvalue weighted by Gasteiger charge is 2.12. The molecule has 0 aliphatic carbocycles. The summed E-state index contributed by atoms with van der Waals surface area (Å²) in [6.07, 6.45) is 0. The van der Waals surface area contributed by atoms with E-state index in [1.165, 1.54) is 0 Å². The summed E-state index contributed by atoms with van der Waals surface area (Å²) < 4.78 is 6.84. The van der Waals surface area contributed by atoms with Gasteiger partial charge in [-0.1, -0.05) is 34.5 Å². The number of halogens is 2. The number of hydrogen-bond donors (Lipinski definition) is 1. The van der Waals surface area contributed by atoms with E-state index in [-0.39, 0.29) is 6.04 Å². The second kappa shape index (κ2) is 5.91.